The second-order valence-corrected chi connectivity index (χ2v) is 4.59. The van der Waals surface area contributed by atoms with Crippen molar-refractivity contribution in [1.82, 2.24) is 0 Å². The molecular weight excluding hydrogens is 220 g/mol. The fraction of sp³-hybridized carbons (Fsp3) is 0.438. The Morgan fingerprint density at radius 2 is 1.83 bits per heavy atom. The van der Waals surface area contributed by atoms with Gasteiger partial charge < -0.3 is 11.5 Å². The Labute approximate surface area is 111 Å². The van der Waals surface area contributed by atoms with Gasteiger partial charge in [0, 0.05) is 11.4 Å². The molecule has 1 aromatic rings. The topological polar surface area (TPSA) is 52.0 Å². The lowest BCUT2D eigenvalue weighted by Crippen LogP contribution is -1.96. The van der Waals surface area contributed by atoms with Gasteiger partial charge in [-0.2, -0.15) is 0 Å². The quantitative estimate of drug-likeness (QED) is 0.472. The molecule has 0 atom stereocenters. The van der Waals surface area contributed by atoms with Crippen LogP contribution >= 0.6 is 0 Å². The lowest BCUT2D eigenvalue weighted by atomic mass is 10.0. The van der Waals surface area contributed by atoms with Gasteiger partial charge in [-0.15, -0.1) is 5.73 Å². The molecule has 0 spiro atoms. The Bertz CT molecular complexity index is 398. The molecule has 0 heterocycles. The number of rotatable bonds is 4. The van der Waals surface area contributed by atoms with Crippen LogP contribution in [0, 0.1) is 0 Å². The number of hydrogen-bond donors (Lipinski definition) is 2. The third kappa shape index (κ3) is 7.59. The van der Waals surface area contributed by atoms with Crippen LogP contribution in [0.4, 0.5) is 11.4 Å². The third-order valence-electron chi connectivity index (χ3n) is 2.57. The van der Waals surface area contributed by atoms with E-state index in [1.165, 1.54) is 24.8 Å². The summed E-state index contributed by atoms with van der Waals surface area (Å²) in [7, 11) is 0. The molecule has 0 aliphatic heterocycles. The highest BCUT2D eigenvalue weighted by Crippen LogP contribution is 2.17. The van der Waals surface area contributed by atoms with E-state index in [1.807, 2.05) is 32.0 Å². The molecule has 4 N–H and O–H groups in total. The maximum atomic E-state index is 5.82. The molecule has 1 aromatic carbocycles. The van der Waals surface area contributed by atoms with E-state index in [0.29, 0.717) is 0 Å². The Morgan fingerprint density at radius 3 is 2.33 bits per heavy atom. The highest BCUT2D eigenvalue weighted by Gasteiger charge is 1.98. The Kier molecular flexibility index (Phi) is 8.51. The molecule has 0 saturated heterocycles. The summed E-state index contributed by atoms with van der Waals surface area (Å²) in [6.07, 6.45) is 4.74. The van der Waals surface area contributed by atoms with E-state index in [2.05, 4.69) is 19.2 Å². The van der Waals surface area contributed by atoms with E-state index in [1.54, 1.807) is 0 Å². The van der Waals surface area contributed by atoms with Gasteiger partial charge in [0.05, 0.1) is 0 Å². The lowest BCUT2D eigenvalue weighted by Gasteiger charge is -2.05. The molecule has 18 heavy (non-hydrogen) atoms. The van der Waals surface area contributed by atoms with Gasteiger partial charge in [-0.05, 0) is 56.0 Å². The van der Waals surface area contributed by atoms with Crippen LogP contribution in [0.1, 0.15) is 45.6 Å². The molecule has 2 heteroatoms. The number of hydrogen-bond acceptors (Lipinski definition) is 2. The first-order valence-electron chi connectivity index (χ1n) is 6.48. The zero-order valence-corrected chi connectivity index (χ0v) is 11.9. The van der Waals surface area contributed by atoms with E-state index >= 15 is 0 Å². The normalized spacial score (nSPS) is 9.06. The molecule has 0 fully saturated rings. The molecule has 0 radical (unpaired) electrons. The summed E-state index contributed by atoms with van der Waals surface area (Å²) in [5.74, 6) is 0. The molecule has 0 bridgehead atoms. The van der Waals surface area contributed by atoms with Crippen molar-refractivity contribution in [2.45, 2.75) is 46.5 Å². The first kappa shape index (κ1) is 16.3. The van der Waals surface area contributed by atoms with Crippen LogP contribution in [0.3, 0.4) is 0 Å². The van der Waals surface area contributed by atoms with E-state index in [4.69, 9.17) is 11.5 Å². The van der Waals surface area contributed by atoms with Gasteiger partial charge in [-0.1, -0.05) is 26.3 Å². The third-order valence-corrected chi connectivity index (χ3v) is 2.57. The fourth-order valence-corrected chi connectivity index (χ4v) is 1.41. The average Bonchev–Trinajstić information content (AvgIpc) is 2.34. The van der Waals surface area contributed by atoms with Crippen LogP contribution in [0.15, 0.2) is 36.1 Å². The van der Waals surface area contributed by atoms with E-state index in [9.17, 15) is 0 Å². The minimum Gasteiger partial charge on any atom is -0.399 e. The molecule has 1 rings (SSSR count). The summed E-state index contributed by atoms with van der Waals surface area (Å²) < 4.78 is 0. The SMILES string of the molecule is C=C=C(C)C.CCCCCc1cc(N)ccc1N. The van der Waals surface area contributed by atoms with Crippen LogP contribution in [0.5, 0.6) is 0 Å². The maximum absolute atomic E-state index is 5.82. The largest absolute Gasteiger partial charge is 0.399 e. The standard InChI is InChI=1S/C11H18N2.C5H8/c1-2-3-4-5-9-8-10(12)6-7-11(9)13;1-4-5(2)3/h6-8H,2-5,12-13H2,1H3;1H2,2-3H3. The number of allylic oxidation sites excluding steroid dienone is 1. The summed E-state index contributed by atoms with van der Waals surface area (Å²) in [5.41, 5.74) is 18.2. The van der Waals surface area contributed by atoms with Gasteiger partial charge in [-0.3, -0.25) is 0 Å². The van der Waals surface area contributed by atoms with Gasteiger partial charge in [0.25, 0.3) is 0 Å². The van der Waals surface area contributed by atoms with Crippen LogP contribution in [0.2, 0.25) is 0 Å². The van der Waals surface area contributed by atoms with E-state index in [-0.39, 0.29) is 0 Å². The molecule has 0 saturated carbocycles. The first-order valence-corrected chi connectivity index (χ1v) is 6.48. The van der Waals surface area contributed by atoms with Gasteiger partial charge in [0.15, 0.2) is 0 Å². The second-order valence-electron chi connectivity index (χ2n) is 4.59. The summed E-state index contributed by atoms with van der Waals surface area (Å²) in [4.78, 5) is 0. The number of unbranched alkanes of at least 4 members (excludes halogenated alkanes) is 2. The van der Waals surface area contributed by atoms with Crippen LogP contribution in [-0.2, 0) is 6.42 Å². The molecule has 2 nitrogen and oxygen atoms in total. The fourth-order valence-electron chi connectivity index (χ4n) is 1.41. The smallest absolute Gasteiger partial charge is 0.0348 e. The summed E-state index contributed by atoms with van der Waals surface area (Å²) >= 11 is 0. The number of benzene rings is 1. The molecule has 0 aromatic heterocycles. The van der Waals surface area contributed by atoms with Crippen molar-refractivity contribution >= 4 is 11.4 Å². The Hall–Kier alpha value is -1.66. The van der Waals surface area contributed by atoms with Gasteiger partial charge in [0.1, 0.15) is 0 Å². The maximum Gasteiger partial charge on any atom is 0.0348 e. The number of nitrogens with two attached hydrogens (primary N) is 2. The van der Waals surface area contributed by atoms with Gasteiger partial charge in [-0.25, -0.2) is 0 Å². The van der Waals surface area contributed by atoms with Gasteiger partial charge in [0.2, 0.25) is 0 Å². The summed E-state index contributed by atoms with van der Waals surface area (Å²) in [6.45, 7) is 9.53. The molecule has 0 amide bonds. The van der Waals surface area contributed by atoms with Gasteiger partial charge >= 0.3 is 0 Å². The monoisotopic (exact) mass is 246 g/mol. The zero-order valence-electron chi connectivity index (χ0n) is 11.9. The molecular formula is C16H26N2. The minimum atomic E-state index is 0.806. The highest BCUT2D eigenvalue weighted by atomic mass is 14.6. The van der Waals surface area contributed by atoms with E-state index in [0.717, 1.165) is 23.4 Å². The summed E-state index contributed by atoms with van der Waals surface area (Å²) in [6, 6.07) is 5.71. The Balaban J connectivity index is 0.000000494. The van der Waals surface area contributed by atoms with Crippen molar-refractivity contribution in [3.63, 3.8) is 0 Å². The minimum absolute atomic E-state index is 0.806. The predicted molar refractivity (Wildman–Crippen MR) is 82.5 cm³/mol. The van der Waals surface area contributed by atoms with Crippen LogP contribution in [0.25, 0.3) is 0 Å². The van der Waals surface area contributed by atoms with Crippen molar-refractivity contribution in [2.24, 2.45) is 0 Å². The van der Waals surface area contributed by atoms with Crippen molar-refractivity contribution in [3.8, 4) is 0 Å². The van der Waals surface area contributed by atoms with Crippen LogP contribution < -0.4 is 11.5 Å². The number of aryl methyl sites for hydroxylation is 1. The molecule has 0 unspecified atom stereocenters. The lowest BCUT2D eigenvalue weighted by molar-refractivity contribution is 0.718. The average molecular weight is 246 g/mol. The van der Waals surface area contributed by atoms with Crippen molar-refractivity contribution in [3.05, 3.63) is 41.6 Å². The first-order chi connectivity index (χ1) is 8.51. The molecule has 0 aliphatic carbocycles. The molecule has 0 aliphatic rings. The number of nitrogen functional groups attached to an aromatic ring is 2. The van der Waals surface area contributed by atoms with Crippen LogP contribution in [-0.4, -0.2) is 0 Å². The second kappa shape index (κ2) is 9.38. The summed E-state index contributed by atoms with van der Waals surface area (Å²) in [5, 5.41) is 0. The molecule has 100 valence electrons. The highest BCUT2D eigenvalue weighted by molar-refractivity contribution is 5.55. The van der Waals surface area contributed by atoms with Crippen molar-refractivity contribution in [1.29, 1.82) is 0 Å². The van der Waals surface area contributed by atoms with E-state index < -0.39 is 0 Å². The Morgan fingerprint density at radius 1 is 1.22 bits per heavy atom. The zero-order chi connectivity index (χ0) is 14.0. The van der Waals surface area contributed by atoms with Crippen molar-refractivity contribution < 1.29 is 0 Å². The predicted octanol–water partition coefficient (Wildman–Crippen LogP) is 4.32. The van der Waals surface area contributed by atoms with Crippen molar-refractivity contribution in [2.75, 3.05) is 11.5 Å². The number of anilines is 2.